The Morgan fingerprint density at radius 3 is 2.16 bits per heavy atom. The van der Waals surface area contributed by atoms with Gasteiger partial charge in [-0.05, 0) is 47.5 Å². The van der Waals surface area contributed by atoms with Crippen LogP contribution >= 0.6 is 50.7 Å². The van der Waals surface area contributed by atoms with E-state index in [4.69, 9.17) is 40.6 Å². The predicted molar refractivity (Wildman–Crippen MR) is 84.8 cm³/mol. The van der Waals surface area contributed by atoms with Crippen molar-refractivity contribution in [2.24, 2.45) is 5.84 Å². The average Bonchev–Trinajstić information content (AvgIpc) is 2.38. The van der Waals surface area contributed by atoms with Crippen LogP contribution in [0.5, 0.6) is 0 Å². The fourth-order valence-electron chi connectivity index (χ4n) is 1.82. The van der Waals surface area contributed by atoms with Crippen LogP contribution in [0.15, 0.2) is 40.9 Å². The lowest BCUT2D eigenvalue weighted by Gasteiger charge is -2.20. The molecule has 0 spiro atoms. The zero-order valence-electron chi connectivity index (χ0n) is 9.63. The van der Waals surface area contributed by atoms with Gasteiger partial charge in [-0.3, -0.25) is 5.84 Å². The Hall–Kier alpha value is -0.290. The van der Waals surface area contributed by atoms with E-state index in [0.29, 0.717) is 15.1 Å². The van der Waals surface area contributed by atoms with Crippen LogP contribution in [0.25, 0.3) is 0 Å². The lowest BCUT2D eigenvalue weighted by atomic mass is 9.99. The molecule has 0 bridgehead atoms. The third-order valence-corrected chi connectivity index (χ3v) is 4.24. The molecule has 3 N–H and O–H groups in total. The quantitative estimate of drug-likeness (QED) is 0.583. The SMILES string of the molecule is NNC(c1cc(Cl)ccc1Cl)c1cc(Cl)ccc1Br. The Balaban J connectivity index is 2.55. The summed E-state index contributed by atoms with van der Waals surface area (Å²) in [7, 11) is 0. The third kappa shape index (κ3) is 3.43. The largest absolute Gasteiger partial charge is 0.271 e. The highest BCUT2D eigenvalue weighted by molar-refractivity contribution is 9.10. The second-order valence-electron chi connectivity index (χ2n) is 3.93. The minimum Gasteiger partial charge on any atom is -0.271 e. The van der Waals surface area contributed by atoms with Crippen molar-refractivity contribution in [3.05, 3.63) is 67.1 Å². The van der Waals surface area contributed by atoms with E-state index in [-0.39, 0.29) is 6.04 Å². The first kappa shape index (κ1) is 15.1. The summed E-state index contributed by atoms with van der Waals surface area (Å²) in [5, 5.41) is 1.80. The Kier molecular flexibility index (Phi) is 5.12. The molecule has 0 heterocycles. The van der Waals surface area contributed by atoms with Gasteiger partial charge in [0.25, 0.3) is 0 Å². The Labute approximate surface area is 134 Å². The maximum absolute atomic E-state index is 6.21. The van der Waals surface area contributed by atoms with E-state index in [0.717, 1.165) is 15.6 Å². The fraction of sp³-hybridized carbons (Fsp3) is 0.0769. The number of hydrogen-bond acceptors (Lipinski definition) is 2. The molecule has 0 saturated carbocycles. The third-order valence-electron chi connectivity index (χ3n) is 2.70. The molecule has 100 valence electrons. The summed E-state index contributed by atoms with van der Waals surface area (Å²) in [6, 6.07) is 10.4. The molecule has 2 rings (SSSR count). The summed E-state index contributed by atoms with van der Waals surface area (Å²) in [4.78, 5) is 0. The van der Waals surface area contributed by atoms with Crippen LogP contribution in [0, 0.1) is 0 Å². The van der Waals surface area contributed by atoms with Crippen LogP contribution in [-0.4, -0.2) is 0 Å². The highest BCUT2D eigenvalue weighted by Gasteiger charge is 2.19. The molecule has 0 fully saturated rings. The summed E-state index contributed by atoms with van der Waals surface area (Å²) < 4.78 is 0.885. The second kappa shape index (κ2) is 6.44. The van der Waals surface area contributed by atoms with Crippen molar-refractivity contribution in [2.45, 2.75) is 6.04 Å². The molecular weight excluding hydrogens is 370 g/mol. The summed E-state index contributed by atoms with van der Waals surface area (Å²) in [6.45, 7) is 0. The molecule has 0 radical (unpaired) electrons. The molecule has 2 nitrogen and oxygen atoms in total. The molecule has 19 heavy (non-hydrogen) atoms. The van der Waals surface area contributed by atoms with Gasteiger partial charge in [0.2, 0.25) is 0 Å². The molecule has 1 unspecified atom stereocenters. The smallest absolute Gasteiger partial charge is 0.0736 e. The van der Waals surface area contributed by atoms with Crippen LogP contribution in [0.1, 0.15) is 17.2 Å². The van der Waals surface area contributed by atoms with E-state index in [2.05, 4.69) is 21.4 Å². The van der Waals surface area contributed by atoms with E-state index in [1.54, 1.807) is 24.3 Å². The van der Waals surface area contributed by atoms with Crippen molar-refractivity contribution >= 4 is 50.7 Å². The van der Waals surface area contributed by atoms with Crippen molar-refractivity contribution in [3.63, 3.8) is 0 Å². The maximum Gasteiger partial charge on any atom is 0.0736 e. The first-order valence-corrected chi connectivity index (χ1v) is 7.31. The first-order chi connectivity index (χ1) is 9.02. The predicted octanol–water partition coefficient (Wildman–Crippen LogP) is 4.96. The molecule has 0 amide bonds. The van der Waals surface area contributed by atoms with Crippen LogP contribution in [0.4, 0.5) is 0 Å². The number of rotatable bonds is 3. The average molecular weight is 381 g/mol. The molecule has 0 saturated heterocycles. The lowest BCUT2D eigenvalue weighted by Crippen LogP contribution is -2.29. The lowest BCUT2D eigenvalue weighted by molar-refractivity contribution is 0.635. The maximum atomic E-state index is 6.21. The van der Waals surface area contributed by atoms with Crippen LogP contribution in [0.2, 0.25) is 15.1 Å². The van der Waals surface area contributed by atoms with Gasteiger partial charge in [0.1, 0.15) is 0 Å². The van der Waals surface area contributed by atoms with Gasteiger partial charge >= 0.3 is 0 Å². The standard InChI is InChI=1S/C13H10BrCl3N2/c14-11-3-1-7(15)5-9(11)13(19-18)10-6-8(16)2-4-12(10)17/h1-6,13,19H,18H2. The number of hydrazine groups is 1. The molecule has 2 aromatic carbocycles. The van der Waals surface area contributed by atoms with Gasteiger partial charge in [0.15, 0.2) is 0 Å². The molecule has 2 aromatic rings. The van der Waals surface area contributed by atoms with Crippen LogP contribution in [0.3, 0.4) is 0 Å². The van der Waals surface area contributed by atoms with E-state index in [9.17, 15) is 0 Å². The number of halogens is 4. The zero-order chi connectivity index (χ0) is 14.0. The molecule has 0 aliphatic carbocycles. The number of benzene rings is 2. The van der Waals surface area contributed by atoms with E-state index in [1.807, 2.05) is 12.1 Å². The Bertz CT molecular complexity index is 553. The van der Waals surface area contributed by atoms with Crippen molar-refractivity contribution in [1.29, 1.82) is 0 Å². The van der Waals surface area contributed by atoms with Gasteiger partial charge in [0, 0.05) is 19.5 Å². The summed E-state index contributed by atoms with van der Waals surface area (Å²) in [5.41, 5.74) is 4.42. The highest BCUT2D eigenvalue weighted by Crippen LogP contribution is 2.34. The minimum atomic E-state index is -0.306. The minimum absolute atomic E-state index is 0.306. The fourth-order valence-corrected chi connectivity index (χ4v) is 2.88. The number of nitrogens with two attached hydrogens (primary N) is 1. The summed E-state index contributed by atoms with van der Waals surface area (Å²) >= 11 is 21.7. The summed E-state index contributed by atoms with van der Waals surface area (Å²) in [6.07, 6.45) is 0. The molecule has 6 heteroatoms. The van der Waals surface area contributed by atoms with Crippen LogP contribution < -0.4 is 11.3 Å². The van der Waals surface area contributed by atoms with Crippen molar-refractivity contribution in [3.8, 4) is 0 Å². The van der Waals surface area contributed by atoms with Gasteiger partial charge in [-0.25, -0.2) is 5.43 Å². The van der Waals surface area contributed by atoms with Crippen LogP contribution in [-0.2, 0) is 0 Å². The molecule has 1 atom stereocenters. The van der Waals surface area contributed by atoms with Gasteiger partial charge < -0.3 is 0 Å². The Morgan fingerprint density at radius 1 is 0.947 bits per heavy atom. The summed E-state index contributed by atoms with van der Waals surface area (Å²) in [5.74, 6) is 5.66. The number of hydrogen-bond donors (Lipinski definition) is 2. The first-order valence-electron chi connectivity index (χ1n) is 5.39. The molecule has 0 aliphatic heterocycles. The van der Waals surface area contributed by atoms with E-state index in [1.165, 1.54) is 0 Å². The van der Waals surface area contributed by atoms with E-state index >= 15 is 0 Å². The van der Waals surface area contributed by atoms with E-state index < -0.39 is 0 Å². The van der Waals surface area contributed by atoms with Gasteiger partial charge in [-0.2, -0.15) is 0 Å². The highest BCUT2D eigenvalue weighted by atomic mass is 79.9. The Morgan fingerprint density at radius 2 is 1.53 bits per heavy atom. The monoisotopic (exact) mass is 378 g/mol. The van der Waals surface area contributed by atoms with Gasteiger partial charge in [0.05, 0.1) is 6.04 Å². The molecule has 0 aromatic heterocycles. The molecular formula is C13H10BrCl3N2. The van der Waals surface area contributed by atoms with Gasteiger partial charge in [-0.1, -0.05) is 50.7 Å². The van der Waals surface area contributed by atoms with Gasteiger partial charge in [-0.15, -0.1) is 0 Å². The van der Waals surface area contributed by atoms with Crippen molar-refractivity contribution in [1.82, 2.24) is 5.43 Å². The zero-order valence-corrected chi connectivity index (χ0v) is 13.5. The number of nitrogens with one attached hydrogen (secondary N) is 1. The molecule has 0 aliphatic rings. The van der Waals surface area contributed by atoms with Crippen molar-refractivity contribution in [2.75, 3.05) is 0 Å². The normalized spacial score (nSPS) is 12.5. The topological polar surface area (TPSA) is 38.0 Å². The van der Waals surface area contributed by atoms with Crippen molar-refractivity contribution < 1.29 is 0 Å². The second-order valence-corrected chi connectivity index (χ2v) is 6.07.